The summed E-state index contributed by atoms with van der Waals surface area (Å²) in [5.41, 5.74) is 2.25. The molecule has 0 aliphatic carbocycles. The summed E-state index contributed by atoms with van der Waals surface area (Å²) in [6.45, 7) is 2.00. The maximum atomic E-state index is 12.2. The quantitative estimate of drug-likeness (QED) is 0.803. The molecular weight excluding hydrogens is 296 g/mol. The van der Waals surface area contributed by atoms with Crippen LogP contribution in [0.1, 0.15) is 11.3 Å². The Bertz CT molecular complexity index is 747. The van der Waals surface area contributed by atoms with E-state index in [4.69, 9.17) is 9.84 Å². The van der Waals surface area contributed by atoms with Crippen LogP contribution < -0.4 is 10.1 Å². The number of anilines is 1. The van der Waals surface area contributed by atoms with Gasteiger partial charge >= 0.3 is 5.97 Å². The predicted molar refractivity (Wildman–Crippen MR) is 87.5 cm³/mol. The summed E-state index contributed by atoms with van der Waals surface area (Å²) in [6, 6.07) is 9.01. The average Bonchev–Trinajstić information content (AvgIpc) is 2.92. The normalized spacial score (nSPS) is 10.7. The van der Waals surface area contributed by atoms with Gasteiger partial charge in [-0.3, -0.25) is 4.79 Å². The fourth-order valence-electron chi connectivity index (χ4n) is 2.14. The average molecular weight is 314 g/mol. The lowest BCUT2D eigenvalue weighted by molar-refractivity contribution is -0.131. The molecule has 1 heterocycles. The highest BCUT2D eigenvalue weighted by atomic mass is 16.5. The third kappa shape index (κ3) is 4.47. The summed E-state index contributed by atoms with van der Waals surface area (Å²) in [5.74, 6) is -0.677. The first-order valence-electron chi connectivity index (χ1n) is 7.00. The van der Waals surface area contributed by atoms with Gasteiger partial charge in [0, 0.05) is 18.0 Å². The minimum absolute atomic E-state index is 0.0728. The van der Waals surface area contributed by atoms with E-state index >= 15 is 0 Å². The lowest BCUT2D eigenvalue weighted by Gasteiger charge is -2.12. The van der Waals surface area contributed by atoms with Gasteiger partial charge in [-0.1, -0.05) is 6.07 Å². The van der Waals surface area contributed by atoms with E-state index in [0.717, 1.165) is 11.6 Å². The fraction of sp³-hybridized carbons (Fsp3) is 0.176. The second kappa shape index (κ2) is 7.31. The number of amides is 1. The number of aromatic nitrogens is 1. The van der Waals surface area contributed by atoms with E-state index in [0.29, 0.717) is 17.1 Å². The number of benzene rings is 1. The zero-order valence-corrected chi connectivity index (χ0v) is 12.9. The highest BCUT2D eigenvalue weighted by Crippen LogP contribution is 2.25. The van der Waals surface area contributed by atoms with Crippen molar-refractivity contribution in [3.8, 4) is 5.75 Å². The largest absolute Gasteiger partial charge is 0.495 e. The number of carboxylic acids is 1. The van der Waals surface area contributed by atoms with Crippen molar-refractivity contribution in [3.05, 3.63) is 53.9 Å². The van der Waals surface area contributed by atoms with Crippen LogP contribution in [-0.2, 0) is 16.1 Å². The maximum Gasteiger partial charge on any atom is 0.328 e. The Labute approximate surface area is 134 Å². The molecule has 0 bridgehead atoms. The third-order valence-electron chi connectivity index (χ3n) is 3.20. The van der Waals surface area contributed by atoms with E-state index in [1.165, 1.54) is 6.08 Å². The maximum absolute atomic E-state index is 12.2. The molecule has 0 aliphatic heterocycles. The number of rotatable bonds is 6. The highest BCUT2D eigenvalue weighted by Gasteiger charge is 2.09. The lowest BCUT2D eigenvalue weighted by Crippen LogP contribution is -2.19. The Morgan fingerprint density at radius 2 is 2.13 bits per heavy atom. The molecule has 0 atom stereocenters. The summed E-state index contributed by atoms with van der Waals surface area (Å²) in [7, 11) is 1.54. The Kier molecular flexibility index (Phi) is 5.19. The Balaban J connectivity index is 2.10. The van der Waals surface area contributed by atoms with Crippen LogP contribution in [0.3, 0.4) is 0 Å². The molecule has 2 aromatic rings. The molecule has 120 valence electrons. The van der Waals surface area contributed by atoms with Crippen molar-refractivity contribution in [2.45, 2.75) is 13.5 Å². The zero-order valence-electron chi connectivity index (χ0n) is 12.9. The molecule has 2 rings (SSSR count). The number of hydrogen-bond acceptors (Lipinski definition) is 3. The third-order valence-corrected chi connectivity index (χ3v) is 3.20. The summed E-state index contributed by atoms with van der Waals surface area (Å²) >= 11 is 0. The standard InChI is InChI=1S/C17H18N2O4/c1-12-5-7-15(23-2)14(10-12)18-16(20)11-19-9-3-4-13(19)6-8-17(21)22/h3-10H,11H2,1-2H3,(H,18,20)(H,21,22)/b8-6+. The fourth-order valence-corrected chi connectivity index (χ4v) is 2.14. The number of carbonyl (C=O) groups is 2. The van der Waals surface area contributed by atoms with E-state index in [-0.39, 0.29) is 12.5 Å². The van der Waals surface area contributed by atoms with Crippen molar-refractivity contribution < 1.29 is 19.4 Å². The predicted octanol–water partition coefficient (Wildman–Crippen LogP) is 2.54. The van der Waals surface area contributed by atoms with Crippen LogP contribution in [0.5, 0.6) is 5.75 Å². The molecule has 23 heavy (non-hydrogen) atoms. The molecule has 0 saturated heterocycles. The number of aliphatic carboxylic acids is 1. The number of ether oxygens (including phenoxy) is 1. The molecule has 1 aromatic heterocycles. The first kappa shape index (κ1) is 16.4. The van der Waals surface area contributed by atoms with Crippen LogP contribution in [0.2, 0.25) is 0 Å². The van der Waals surface area contributed by atoms with Gasteiger partial charge in [0.05, 0.1) is 12.8 Å². The second-order valence-corrected chi connectivity index (χ2v) is 4.98. The summed E-state index contributed by atoms with van der Waals surface area (Å²) in [6.07, 6.45) is 4.20. The number of aryl methyl sites for hydroxylation is 1. The van der Waals surface area contributed by atoms with E-state index in [1.54, 1.807) is 36.1 Å². The van der Waals surface area contributed by atoms with E-state index in [2.05, 4.69) is 5.32 Å². The summed E-state index contributed by atoms with van der Waals surface area (Å²) < 4.78 is 6.89. The molecule has 0 aliphatic rings. The molecule has 2 N–H and O–H groups in total. The summed E-state index contributed by atoms with van der Waals surface area (Å²) in [5, 5.41) is 11.5. The molecule has 0 radical (unpaired) electrons. The van der Waals surface area contributed by atoms with Crippen LogP contribution in [-0.4, -0.2) is 28.7 Å². The molecule has 0 spiro atoms. The monoisotopic (exact) mass is 314 g/mol. The van der Waals surface area contributed by atoms with Crippen molar-refractivity contribution in [1.29, 1.82) is 0 Å². The van der Waals surface area contributed by atoms with E-state index in [9.17, 15) is 9.59 Å². The molecule has 6 heteroatoms. The first-order chi connectivity index (χ1) is 11.0. The Morgan fingerprint density at radius 3 is 2.83 bits per heavy atom. The molecule has 1 aromatic carbocycles. The zero-order chi connectivity index (χ0) is 16.8. The lowest BCUT2D eigenvalue weighted by atomic mass is 10.2. The van der Waals surface area contributed by atoms with Gasteiger partial charge in [-0.05, 0) is 42.8 Å². The number of carbonyl (C=O) groups excluding carboxylic acids is 1. The molecule has 0 saturated carbocycles. The number of nitrogens with one attached hydrogen (secondary N) is 1. The van der Waals surface area contributed by atoms with Gasteiger partial charge in [0.25, 0.3) is 0 Å². The van der Waals surface area contributed by atoms with Gasteiger partial charge in [-0.2, -0.15) is 0 Å². The number of nitrogens with zero attached hydrogens (tertiary/aromatic N) is 1. The van der Waals surface area contributed by atoms with Crippen LogP contribution in [0.15, 0.2) is 42.6 Å². The van der Waals surface area contributed by atoms with Crippen LogP contribution in [0.4, 0.5) is 5.69 Å². The van der Waals surface area contributed by atoms with E-state index < -0.39 is 5.97 Å². The summed E-state index contributed by atoms with van der Waals surface area (Å²) in [4.78, 5) is 22.8. The molecule has 6 nitrogen and oxygen atoms in total. The van der Waals surface area contributed by atoms with Crippen LogP contribution in [0.25, 0.3) is 6.08 Å². The number of hydrogen-bond donors (Lipinski definition) is 2. The van der Waals surface area contributed by atoms with Gasteiger partial charge in [-0.15, -0.1) is 0 Å². The minimum Gasteiger partial charge on any atom is -0.495 e. The number of methoxy groups -OCH3 is 1. The van der Waals surface area contributed by atoms with Crippen molar-refractivity contribution in [1.82, 2.24) is 4.57 Å². The molecular formula is C17H18N2O4. The van der Waals surface area contributed by atoms with Crippen molar-refractivity contribution in [2.24, 2.45) is 0 Å². The Morgan fingerprint density at radius 1 is 1.35 bits per heavy atom. The smallest absolute Gasteiger partial charge is 0.328 e. The van der Waals surface area contributed by atoms with Crippen LogP contribution >= 0.6 is 0 Å². The number of carboxylic acid groups (broad SMARTS) is 1. The van der Waals surface area contributed by atoms with Crippen molar-refractivity contribution in [3.63, 3.8) is 0 Å². The van der Waals surface area contributed by atoms with Crippen molar-refractivity contribution in [2.75, 3.05) is 12.4 Å². The first-order valence-corrected chi connectivity index (χ1v) is 7.00. The highest BCUT2D eigenvalue weighted by molar-refractivity contribution is 5.92. The topological polar surface area (TPSA) is 80.6 Å². The van der Waals surface area contributed by atoms with Gasteiger partial charge in [0.1, 0.15) is 12.3 Å². The van der Waals surface area contributed by atoms with Crippen LogP contribution in [0, 0.1) is 6.92 Å². The van der Waals surface area contributed by atoms with Crippen molar-refractivity contribution >= 4 is 23.6 Å². The van der Waals surface area contributed by atoms with E-state index in [1.807, 2.05) is 19.1 Å². The SMILES string of the molecule is COc1ccc(C)cc1NC(=O)Cn1cccc1/C=C/C(=O)O. The molecule has 0 fully saturated rings. The molecule has 1 amide bonds. The Hall–Kier alpha value is -3.02. The molecule has 0 unspecified atom stereocenters. The second-order valence-electron chi connectivity index (χ2n) is 4.98. The van der Waals surface area contributed by atoms with Gasteiger partial charge in [0.15, 0.2) is 0 Å². The van der Waals surface area contributed by atoms with Gasteiger partial charge < -0.3 is 19.7 Å². The van der Waals surface area contributed by atoms with Gasteiger partial charge in [-0.25, -0.2) is 4.79 Å². The van der Waals surface area contributed by atoms with Gasteiger partial charge in [0.2, 0.25) is 5.91 Å². The minimum atomic E-state index is -1.04.